The normalized spacial score (nSPS) is 13.9. The number of halogens is 1. The van der Waals surface area contributed by atoms with E-state index in [1.165, 1.54) is 0 Å². The Morgan fingerprint density at radius 1 is 1.25 bits per heavy atom. The molecule has 0 aliphatic carbocycles. The molecule has 3 rings (SSSR count). The van der Waals surface area contributed by atoms with Crippen molar-refractivity contribution in [2.24, 2.45) is 0 Å². The predicted octanol–water partition coefficient (Wildman–Crippen LogP) is 3.58. The fraction of sp³-hybridized carbons (Fsp3) is 0.154. The molecular weight excluding hydrogens is 266 g/mol. The van der Waals surface area contributed by atoms with Crippen molar-refractivity contribution >= 4 is 38.3 Å². The molecule has 0 radical (unpaired) electrons. The second-order valence-corrected chi connectivity index (χ2v) is 4.70. The van der Waals surface area contributed by atoms with Crippen molar-refractivity contribution in [1.82, 2.24) is 0 Å². The second-order valence-electron chi connectivity index (χ2n) is 3.84. The molecule has 2 aromatic carbocycles. The Labute approximate surface area is 102 Å². The quantitative estimate of drug-likeness (QED) is 0.779. The molecule has 1 aliphatic heterocycles. The number of anilines is 1. The van der Waals surface area contributed by atoms with E-state index in [0.717, 1.165) is 26.5 Å². The van der Waals surface area contributed by atoms with Gasteiger partial charge in [-0.15, -0.1) is 0 Å². The molecule has 2 aromatic rings. The van der Waals surface area contributed by atoms with Crippen LogP contribution in [0.25, 0.3) is 10.8 Å². The number of carbonyl (C=O) groups is 1. The maximum absolute atomic E-state index is 12.1. The van der Waals surface area contributed by atoms with Crippen LogP contribution in [-0.2, 0) is 0 Å². The number of hydrogen-bond acceptors (Lipinski definition) is 1. The average molecular weight is 276 g/mol. The maximum Gasteiger partial charge on any atom is 0.258 e. The van der Waals surface area contributed by atoms with Crippen LogP contribution >= 0.6 is 15.9 Å². The lowest BCUT2D eigenvalue weighted by atomic mass is 10.1. The summed E-state index contributed by atoms with van der Waals surface area (Å²) < 4.78 is 1.04. The number of rotatable bonds is 1. The third kappa shape index (κ3) is 1.09. The van der Waals surface area contributed by atoms with Gasteiger partial charge < -0.3 is 4.90 Å². The number of amides is 1. The zero-order valence-electron chi connectivity index (χ0n) is 8.83. The van der Waals surface area contributed by atoms with Crippen molar-refractivity contribution in [2.75, 3.05) is 11.4 Å². The molecule has 0 aromatic heterocycles. The molecule has 0 saturated heterocycles. The third-order valence-electron chi connectivity index (χ3n) is 3.05. The summed E-state index contributed by atoms with van der Waals surface area (Å²) in [7, 11) is 0. The standard InChI is InChI=1S/C13H10BrNO/c1-2-15-11-5-3-4-8-10(14)7-6-9(12(8)11)13(15)16/h3-7H,2H2,1H3. The molecular formula is C13H10BrNO. The Balaban J connectivity index is 2.47. The van der Waals surface area contributed by atoms with Crippen LogP contribution in [0.15, 0.2) is 34.8 Å². The third-order valence-corrected chi connectivity index (χ3v) is 3.74. The van der Waals surface area contributed by atoms with Crippen LogP contribution in [0.5, 0.6) is 0 Å². The van der Waals surface area contributed by atoms with E-state index < -0.39 is 0 Å². The molecule has 0 unspecified atom stereocenters. The highest BCUT2D eigenvalue weighted by atomic mass is 79.9. The monoisotopic (exact) mass is 275 g/mol. The van der Waals surface area contributed by atoms with Gasteiger partial charge in [0.15, 0.2) is 0 Å². The largest absolute Gasteiger partial charge is 0.308 e. The van der Waals surface area contributed by atoms with Crippen LogP contribution in [0, 0.1) is 0 Å². The molecule has 0 bridgehead atoms. The second kappa shape index (κ2) is 3.32. The van der Waals surface area contributed by atoms with Gasteiger partial charge in [0, 0.05) is 22.0 Å². The van der Waals surface area contributed by atoms with Crippen molar-refractivity contribution in [3.63, 3.8) is 0 Å². The van der Waals surface area contributed by atoms with E-state index in [4.69, 9.17) is 0 Å². The predicted molar refractivity (Wildman–Crippen MR) is 69.0 cm³/mol. The van der Waals surface area contributed by atoms with Gasteiger partial charge in [0.05, 0.1) is 5.69 Å². The van der Waals surface area contributed by atoms with Gasteiger partial charge in [-0.1, -0.05) is 28.1 Å². The van der Waals surface area contributed by atoms with Crippen molar-refractivity contribution in [3.8, 4) is 0 Å². The van der Waals surface area contributed by atoms with Crippen LogP contribution in [0.4, 0.5) is 5.69 Å². The molecule has 3 heteroatoms. The number of hydrogen-bond donors (Lipinski definition) is 0. The molecule has 2 nitrogen and oxygen atoms in total. The lowest BCUT2D eigenvalue weighted by molar-refractivity contribution is 0.0994. The molecule has 0 spiro atoms. The Bertz CT molecular complexity index is 606. The highest BCUT2D eigenvalue weighted by Crippen LogP contribution is 2.39. The van der Waals surface area contributed by atoms with Gasteiger partial charge in [-0.05, 0) is 30.5 Å². The van der Waals surface area contributed by atoms with Gasteiger partial charge >= 0.3 is 0 Å². The van der Waals surface area contributed by atoms with Gasteiger partial charge in [0.1, 0.15) is 0 Å². The molecule has 16 heavy (non-hydrogen) atoms. The van der Waals surface area contributed by atoms with E-state index >= 15 is 0 Å². The van der Waals surface area contributed by atoms with Gasteiger partial charge in [-0.2, -0.15) is 0 Å². The van der Waals surface area contributed by atoms with Crippen LogP contribution in [0.1, 0.15) is 17.3 Å². The molecule has 1 heterocycles. The molecule has 1 amide bonds. The van der Waals surface area contributed by atoms with Crippen molar-refractivity contribution < 1.29 is 4.79 Å². The van der Waals surface area contributed by atoms with Gasteiger partial charge in [-0.3, -0.25) is 4.79 Å². The van der Waals surface area contributed by atoms with Crippen LogP contribution in [-0.4, -0.2) is 12.5 Å². The van der Waals surface area contributed by atoms with E-state index in [9.17, 15) is 4.79 Å². The van der Waals surface area contributed by atoms with E-state index in [1.54, 1.807) is 0 Å². The molecule has 80 valence electrons. The highest BCUT2D eigenvalue weighted by Gasteiger charge is 2.28. The minimum Gasteiger partial charge on any atom is -0.308 e. The van der Waals surface area contributed by atoms with E-state index in [-0.39, 0.29) is 5.91 Å². The fourth-order valence-corrected chi connectivity index (χ4v) is 2.79. The summed E-state index contributed by atoms with van der Waals surface area (Å²) in [5.74, 6) is 0.112. The maximum atomic E-state index is 12.1. The zero-order chi connectivity index (χ0) is 11.3. The summed E-state index contributed by atoms with van der Waals surface area (Å²) >= 11 is 3.52. The number of benzene rings is 2. The van der Waals surface area contributed by atoms with E-state index in [1.807, 2.05) is 42.2 Å². The Morgan fingerprint density at radius 3 is 2.81 bits per heavy atom. The molecule has 0 N–H and O–H groups in total. The van der Waals surface area contributed by atoms with Crippen LogP contribution in [0.2, 0.25) is 0 Å². The van der Waals surface area contributed by atoms with Gasteiger partial charge in [-0.25, -0.2) is 0 Å². The molecule has 1 aliphatic rings. The van der Waals surface area contributed by atoms with E-state index in [2.05, 4.69) is 15.9 Å². The van der Waals surface area contributed by atoms with Crippen LogP contribution < -0.4 is 4.90 Å². The minimum absolute atomic E-state index is 0.112. The van der Waals surface area contributed by atoms with Crippen molar-refractivity contribution in [1.29, 1.82) is 0 Å². The van der Waals surface area contributed by atoms with Crippen LogP contribution in [0.3, 0.4) is 0 Å². The Morgan fingerprint density at radius 2 is 2.06 bits per heavy atom. The van der Waals surface area contributed by atoms with Gasteiger partial charge in [0.2, 0.25) is 0 Å². The summed E-state index contributed by atoms with van der Waals surface area (Å²) in [6, 6.07) is 9.88. The summed E-state index contributed by atoms with van der Waals surface area (Å²) in [6.07, 6.45) is 0. The summed E-state index contributed by atoms with van der Waals surface area (Å²) in [4.78, 5) is 14.0. The summed E-state index contributed by atoms with van der Waals surface area (Å²) in [6.45, 7) is 2.71. The van der Waals surface area contributed by atoms with E-state index in [0.29, 0.717) is 6.54 Å². The molecule has 0 atom stereocenters. The first-order valence-corrected chi connectivity index (χ1v) is 6.06. The zero-order valence-corrected chi connectivity index (χ0v) is 10.4. The summed E-state index contributed by atoms with van der Waals surface area (Å²) in [5, 5.41) is 2.18. The first-order chi connectivity index (χ1) is 7.74. The first kappa shape index (κ1) is 9.85. The molecule has 0 saturated carbocycles. The lowest BCUT2D eigenvalue weighted by Crippen LogP contribution is -2.25. The lowest BCUT2D eigenvalue weighted by Gasteiger charge is -2.14. The summed E-state index contributed by atoms with van der Waals surface area (Å²) in [5.41, 5.74) is 1.84. The fourth-order valence-electron chi connectivity index (χ4n) is 2.32. The Kier molecular flexibility index (Phi) is 2.04. The topological polar surface area (TPSA) is 20.3 Å². The number of carbonyl (C=O) groups excluding carboxylic acids is 1. The van der Waals surface area contributed by atoms with Crippen molar-refractivity contribution in [3.05, 3.63) is 40.4 Å². The van der Waals surface area contributed by atoms with Gasteiger partial charge in [0.25, 0.3) is 5.91 Å². The number of nitrogens with zero attached hydrogens (tertiary/aromatic N) is 1. The smallest absolute Gasteiger partial charge is 0.258 e. The SMILES string of the molecule is CCN1C(=O)c2ccc(Br)c3cccc1c23. The van der Waals surface area contributed by atoms with Crippen molar-refractivity contribution in [2.45, 2.75) is 6.92 Å². The first-order valence-electron chi connectivity index (χ1n) is 5.27. The Hall–Kier alpha value is -1.35. The highest BCUT2D eigenvalue weighted by molar-refractivity contribution is 9.10. The average Bonchev–Trinajstić information content (AvgIpc) is 2.57. The minimum atomic E-state index is 0.112. The molecule has 0 fully saturated rings.